The van der Waals surface area contributed by atoms with E-state index in [4.69, 9.17) is 9.88 Å². The first-order valence-electron chi connectivity index (χ1n) is 5.17. The number of nitrogens with two attached hydrogens (primary N) is 1. The van der Waals surface area contributed by atoms with Crippen molar-refractivity contribution in [2.75, 3.05) is 7.11 Å². The number of benzene rings is 1. The number of rotatable bonds is 3. The fraction of sp³-hybridized carbons (Fsp3) is 0.273. The molecule has 5 nitrogen and oxygen atoms in total. The van der Waals surface area contributed by atoms with E-state index in [1.807, 2.05) is 23.6 Å². The normalized spacial score (nSPS) is 11.9. The molecule has 0 saturated carbocycles. The van der Waals surface area contributed by atoms with Crippen LogP contribution in [-0.2, 0) is 16.6 Å². The number of hydrogen-bond acceptors (Lipinski definition) is 3. The zero-order chi connectivity index (χ0) is 12.6. The summed E-state index contributed by atoms with van der Waals surface area (Å²) in [6.45, 7) is 2.60. The number of ether oxygens (including phenoxy) is 1. The van der Waals surface area contributed by atoms with E-state index in [0.29, 0.717) is 17.7 Å². The third-order valence-corrected chi connectivity index (χ3v) is 3.62. The standard InChI is InChI=1S/C11H14N2O3S/c1-3-13-7-10(17(12,14)15)11-8(13)5-4-6-9(11)16-2/h4-7H,3H2,1-2H3,(H2,12,14,15). The molecule has 0 unspecified atom stereocenters. The van der Waals surface area contributed by atoms with Gasteiger partial charge in [-0.15, -0.1) is 0 Å². The van der Waals surface area contributed by atoms with Gasteiger partial charge in [-0.3, -0.25) is 0 Å². The largest absolute Gasteiger partial charge is 0.496 e. The van der Waals surface area contributed by atoms with E-state index in [1.165, 1.54) is 7.11 Å². The minimum Gasteiger partial charge on any atom is -0.496 e. The van der Waals surface area contributed by atoms with Gasteiger partial charge in [0.2, 0.25) is 10.0 Å². The number of fused-ring (bicyclic) bond motifs is 1. The lowest BCUT2D eigenvalue weighted by atomic mass is 10.2. The van der Waals surface area contributed by atoms with Crippen LogP contribution in [0.1, 0.15) is 6.92 Å². The molecule has 0 amide bonds. The van der Waals surface area contributed by atoms with Crippen LogP contribution >= 0.6 is 0 Å². The van der Waals surface area contributed by atoms with Crippen molar-refractivity contribution >= 4 is 20.9 Å². The highest BCUT2D eigenvalue weighted by Gasteiger charge is 2.19. The van der Waals surface area contributed by atoms with Crippen molar-refractivity contribution in [3.63, 3.8) is 0 Å². The first-order chi connectivity index (χ1) is 7.99. The summed E-state index contributed by atoms with van der Waals surface area (Å²) in [5.41, 5.74) is 0.802. The van der Waals surface area contributed by atoms with E-state index >= 15 is 0 Å². The fourth-order valence-corrected chi connectivity index (χ4v) is 2.69. The molecule has 0 radical (unpaired) electrons. The molecule has 0 saturated heterocycles. The van der Waals surface area contributed by atoms with Crippen molar-refractivity contribution in [2.45, 2.75) is 18.4 Å². The highest BCUT2D eigenvalue weighted by atomic mass is 32.2. The molecular formula is C11H14N2O3S. The lowest BCUT2D eigenvalue weighted by molar-refractivity contribution is 0.419. The third-order valence-electron chi connectivity index (χ3n) is 2.70. The van der Waals surface area contributed by atoms with E-state index in [1.54, 1.807) is 12.3 Å². The van der Waals surface area contributed by atoms with Gasteiger partial charge in [0.15, 0.2) is 0 Å². The number of methoxy groups -OCH3 is 1. The molecule has 1 aromatic carbocycles. The molecule has 0 atom stereocenters. The monoisotopic (exact) mass is 254 g/mol. The van der Waals surface area contributed by atoms with Gasteiger partial charge in [-0.05, 0) is 19.1 Å². The van der Waals surface area contributed by atoms with Crippen LogP contribution in [0.25, 0.3) is 10.9 Å². The Morgan fingerprint density at radius 3 is 2.65 bits per heavy atom. The number of primary sulfonamides is 1. The first-order valence-corrected chi connectivity index (χ1v) is 6.72. The average molecular weight is 254 g/mol. The summed E-state index contributed by atoms with van der Waals surface area (Å²) in [7, 11) is -2.25. The van der Waals surface area contributed by atoms with Gasteiger partial charge < -0.3 is 9.30 Å². The zero-order valence-corrected chi connectivity index (χ0v) is 10.5. The van der Waals surface area contributed by atoms with Gasteiger partial charge in [0.25, 0.3) is 0 Å². The predicted molar refractivity (Wildman–Crippen MR) is 65.5 cm³/mol. The molecule has 1 heterocycles. The van der Waals surface area contributed by atoms with Crippen LogP contribution in [0.2, 0.25) is 0 Å². The number of aromatic nitrogens is 1. The van der Waals surface area contributed by atoms with Crippen LogP contribution in [0.5, 0.6) is 5.75 Å². The maximum Gasteiger partial charge on any atom is 0.240 e. The Balaban J connectivity index is 2.94. The van der Waals surface area contributed by atoms with Crippen LogP contribution in [0.15, 0.2) is 29.3 Å². The Bertz CT molecular complexity index is 659. The summed E-state index contributed by atoms with van der Waals surface area (Å²) in [6, 6.07) is 5.38. The second kappa shape index (κ2) is 4.05. The average Bonchev–Trinajstić information content (AvgIpc) is 2.67. The van der Waals surface area contributed by atoms with Crippen molar-refractivity contribution in [2.24, 2.45) is 5.14 Å². The molecule has 92 valence electrons. The van der Waals surface area contributed by atoms with Crippen LogP contribution in [0.3, 0.4) is 0 Å². The fourth-order valence-electron chi connectivity index (χ4n) is 1.93. The minimum atomic E-state index is -3.75. The number of sulfonamides is 1. The van der Waals surface area contributed by atoms with Gasteiger partial charge in [-0.25, -0.2) is 13.6 Å². The van der Waals surface area contributed by atoms with Crippen molar-refractivity contribution in [3.8, 4) is 5.75 Å². The highest BCUT2D eigenvalue weighted by molar-refractivity contribution is 7.89. The van der Waals surface area contributed by atoms with Gasteiger partial charge in [-0.1, -0.05) is 6.07 Å². The molecule has 0 aliphatic rings. The van der Waals surface area contributed by atoms with Crippen LogP contribution in [0, 0.1) is 0 Å². The summed E-state index contributed by atoms with van der Waals surface area (Å²) in [4.78, 5) is 0.104. The quantitative estimate of drug-likeness (QED) is 0.897. The lowest BCUT2D eigenvalue weighted by Gasteiger charge is -2.04. The van der Waals surface area contributed by atoms with Crippen molar-refractivity contribution in [1.82, 2.24) is 4.57 Å². The highest BCUT2D eigenvalue weighted by Crippen LogP contribution is 2.32. The lowest BCUT2D eigenvalue weighted by Crippen LogP contribution is -2.11. The van der Waals surface area contributed by atoms with E-state index in [0.717, 1.165) is 5.52 Å². The zero-order valence-electron chi connectivity index (χ0n) is 9.67. The van der Waals surface area contributed by atoms with Gasteiger partial charge in [0.1, 0.15) is 10.6 Å². The molecule has 0 aliphatic heterocycles. The van der Waals surface area contributed by atoms with Crippen LogP contribution < -0.4 is 9.88 Å². The van der Waals surface area contributed by atoms with E-state index in [-0.39, 0.29) is 4.90 Å². The van der Waals surface area contributed by atoms with Crippen molar-refractivity contribution < 1.29 is 13.2 Å². The smallest absolute Gasteiger partial charge is 0.240 e. The summed E-state index contributed by atoms with van der Waals surface area (Å²) < 4.78 is 30.1. The molecule has 17 heavy (non-hydrogen) atoms. The van der Waals surface area contributed by atoms with E-state index in [9.17, 15) is 8.42 Å². The minimum absolute atomic E-state index is 0.104. The first kappa shape index (κ1) is 11.9. The Morgan fingerprint density at radius 1 is 1.41 bits per heavy atom. The Morgan fingerprint density at radius 2 is 2.12 bits per heavy atom. The molecule has 0 fully saturated rings. The Kier molecular flexibility index (Phi) is 2.84. The Hall–Kier alpha value is -1.53. The molecule has 2 aromatic rings. The van der Waals surface area contributed by atoms with Crippen LogP contribution in [-0.4, -0.2) is 20.1 Å². The summed E-state index contributed by atoms with van der Waals surface area (Å²) in [5, 5.41) is 5.76. The number of hydrogen-bond donors (Lipinski definition) is 1. The second-order valence-electron chi connectivity index (χ2n) is 3.68. The Labute approximate surface area is 99.8 Å². The van der Waals surface area contributed by atoms with Gasteiger partial charge in [0.05, 0.1) is 18.0 Å². The third kappa shape index (κ3) is 1.89. The maximum atomic E-state index is 11.6. The van der Waals surface area contributed by atoms with Gasteiger partial charge in [-0.2, -0.15) is 0 Å². The van der Waals surface area contributed by atoms with E-state index in [2.05, 4.69) is 0 Å². The molecule has 6 heteroatoms. The molecule has 0 spiro atoms. The maximum absolute atomic E-state index is 11.6. The molecular weight excluding hydrogens is 240 g/mol. The summed E-state index contributed by atoms with van der Waals surface area (Å²) in [6.07, 6.45) is 1.54. The summed E-state index contributed by atoms with van der Waals surface area (Å²) >= 11 is 0. The molecule has 0 aliphatic carbocycles. The molecule has 2 N–H and O–H groups in total. The SMILES string of the molecule is CCn1cc(S(N)(=O)=O)c2c(OC)cccc21. The van der Waals surface area contributed by atoms with Gasteiger partial charge in [0, 0.05) is 12.7 Å². The van der Waals surface area contributed by atoms with Crippen LogP contribution in [0.4, 0.5) is 0 Å². The topological polar surface area (TPSA) is 74.3 Å². The summed E-state index contributed by atoms with van der Waals surface area (Å²) in [5.74, 6) is 0.513. The van der Waals surface area contributed by atoms with Crippen molar-refractivity contribution in [3.05, 3.63) is 24.4 Å². The molecule has 1 aromatic heterocycles. The van der Waals surface area contributed by atoms with Gasteiger partial charge >= 0.3 is 0 Å². The number of aryl methyl sites for hydroxylation is 1. The predicted octanol–water partition coefficient (Wildman–Crippen LogP) is 1.32. The van der Waals surface area contributed by atoms with E-state index < -0.39 is 10.0 Å². The number of nitrogens with zero attached hydrogens (tertiary/aromatic N) is 1. The molecule has 2 rings (SSSR count). The molecule has 0 bridgehead atoms. The van der Waals surface area contributed by atoms with Crippen molar-refractivity contribution in [1.29, 1.82) is 0 Å². The second-order valence-corrected chi connectivity index (χ2v) is 5.21.